The third-order valence-corrected chi connectivity index (χ3v) is 1.68. The van der Waals surface area contributed by atoms with Gasteiger partial charge in [0.25, 0.3) is 0 Å². The Balaban J connectivity index is 3.02. The molecule has 0 saturated carbocycles. The maximum atomic E-state index is 10.4. The summed E-state index contributed by atoms with van der Waals surface area (Å²) in [5, 5.41) is 18.0. The van der Waals surface area contributed by atoms with Crippen LogP contribution in [0.4, 0.5) is 5.69 Å². The van der Waals surface area contributed by atoms with E-state index in [-0.39, 0.29) is 18.5 Å². The molecule has 0 aliphatic rings. The van der Waals surface area contributed by atoms with Crippen molar-refractivity contribution in [2.45, 2.75) is 6.42 Å². The average Bonchev–Trinajstić information content (AvgIpc) is 2.16. The zero-order valence-corrected chi connectivity index (χ0v) is 7.25. The Hall–Kier alpha value is -1.88. The van der Waals surface area contributed by atoms with Gasteiger partial charge in [-0.25, -0.2) is 0 Å². The van der Waals surface area contributed by atoms with Crippen LogP contribution in [0.3, 0.4) is 0 Å². The summed E-state index contributed by atoms with van der Waals surface area (Å²) in [5.74, 6) is -1.02. The summed E-state index contributed by atoms with van der Waals surface area (Å²) in [6.45, 7) is 0. The highest BCUT2D eigenvalue weighted by Crippen LogP contribution is 2.18. The molecule has 1 amide bonds. The lowest BCUT2D eigenvalue weighted by Crippen LogP contribution is -2.17. The molecular weight excluding hydrogens is 186 g/mol. The van der Waals surface area contributed by atoms with Gasteiger partial charge in [0.15, 0.2) is 0 Å². The molecule has 0 aliphatic heterocycles. The zero-order valence-electron chi connectivity index (χ0n) is 7.25. The van der Waals surface area contributed by atoms with E-state index in [1.54, 1.807) is 12.1 Å². The standard InChI is InChI=1S/C9H9NO4/c11-6-10(14)8-4-2-1-3-7(8)5-9(12)13/h1-4,6,14H,5H2,(H,12,13). The number of hydrogen-bond acceptors (Lipinski definition) is 3. The van der Waals surface area contributed by atoms with Gasteiger partial charge >= 0.3 is 5.97 Å². The molecule has 5 heteroatoms. The number of benzene rings is 1. The van der Waals surface area contributed by atoms with E-state index < -0.39 is 5.97 Å². The molecule has 0 bridgehead atoms. The third-order valence-electron chi connectivity index (χ3n) is 1.68. The summed E-state index contributed by atoms with van der Waals surface area (Å²) < 4.78 is 0. The van der Waals surface area contributed by atoms with E-state index in [4.69, 9.17) is 10.3 Å². The maximum absolute atomic E-state index is 10.4. The summed E-state index contributed by atoms with van der Waals surface area (Å²) in [4.78, 5) is 20.7. The molecule has 1 rings (SSSR count). The van der Waals surface area contributed by atoms with Gasteiger partial charge in [-0.15, -0.1) is 0 Å². The molecule has 14 heavy (non-hydrogen) atoms. The number of hydroxylamine groups is 1. The predicted molar refractivity (Wildman–Crippen MR) is 48.1 cm³/mol. The van der Waals surface area contributed by atoms with Crippen molar-refractivity contribution in [1.29, 1.82) is 0 Å². The Kier molecular flexibility index (Phi) is 3.19. The van der Waals surface area contributed by atoms with Crippen LogP contribution < -0.4 is 5.06 Å². The SMILES string of the molecule is O=CN(O)c1ccccc1CC(=O)O. The van der Waals surface area contributed by atoms with Gasteiger partial charge in [-0.2, -0.15) is 5.06 Å². The highest BCUT2D eigenvalue weighted by Gasteiger charge is 2.10. The number of rotatable bonds is 4. The molecule has 1 aromatic carbocycles. The van der Waals surface area contributed by atoms with Crippen LogP contribution in [0.15, 0.2) is 24.3 Å². The van der Waals surface area contributed by atoms with Crippen LogP contribution in [0.2, 0.25) is 0 Å². The molecule has 0 aliphatic carbocycles. The zero-order chi connectivity index (χ0) is 10.6. The highest BCUT2D eigenvalue weighted by molar-refractivity contribution is 5.78. The fourth-order valence-corrected chi connectivity index (χ4v) is 1.10. The van der Waals surface area contributed by atoms with Crippen molar-refractivity contribution in [1.82, 2.24) is 0 Å². The van der Waals surface area contributed by atoms with E-state index in [1.807, 2.05) is 0 Å². The Morgan fingerprint density at radius 2 is 2.07 bits per heavy atom. The summed E-state index contributed by atoms with van der Waals surface area (Å²) in [5.41, 5.74) is 0.569. The number of para-hydroxylation sites is 1. The predicted octanol–water partition coefficient (Wildman–Crippen LogP) is 0.666. The number of aliphatic carboxylic acids is 1. The number of carbonyl (C=O) groups is 2. The number of carbonyl (C=O) groups excluding carboxylic acids is 1. The molecular formula is C9H9NO4. The number of anilines is 1. The largest absolute Gasteiger partial charge is 0.481 e. The lowest BCUT2D eigenvalue weighted by atomic mass is 10.1. The molecule has 0 fully saturated rings. The maximum Gasteiger partial charge on any atom is 0.307 e. The van der Waals surface area contributed by atoms with Crippen molar-refractivity contribution in [3.63, 3.8) is 0 Å². The van der Waals surface area contributed by atoms with Gasteiger partial charge in [0.1, 0.15) is 0 Å². The van der Waals surface area contributed by atoms with Gasteiger partial charge in [-0.3, -0.25) is 14.8 Å². The molecule has 0 aromatic heterocycles. The van der Waals surface area contributed by atoms with Gasteiger partial charge in [0.05, 0.1) is 12.1 Å². The summed E-state index contributed by atoms with van der Waals surface area (Å²) in [6.07, 6.45) is -0.0260. The first-order valence-electron chi connectivity index (χ1n) is 3.88. The number of carboxylic acid groups (broad SMARTS) is 1. The first-order valence-corrected chi connectivity index (χ1v) is 3.88. The van der Waals surface area contributed by atoms with Crippen LogP contribution in [0.1, 0.15) is 5.56 Å². The minimum atomic E-state index is -1.02. The van der Waals surface area contributed by atoms with E-state index in [0.717, 1.165) is 0 Å². The quantitative estimate of drug-likeness (QED) is 0.420. The van der Waals surface area contributed by atoms with E-state index in [1.165, 1.54) is 12.1 Å². The van der Waals surface area contributed by atoms with E-state index >= 15 is 0 Å². The third kappa shape index (κ3) is 2.30. The molecule has 0 spiro atoms. The van der Waals surface area contributed by atoms with Crippen LogP contribution in [0.5, 0.6) is 0 Å². The smallest absolute Gasteiger partial charge is 0.307 e. The van der Waals surface area contributed by atoms with Crippen molar-refractivity contribution in [2.75, 3.05) is 5.06 Å². The molecule has 5 nitrogen and oxygen atoms in total. The minimum Gasteiger partial charge on any atom is -0.481 e. The average molecular weight is 195 g/mol. The van der Waals surface area contributed by atoms with E-state index in [9.17, 15) is 9.59 Å². The van der Waals surface area contributed by atoms with Crippen molar-refractivity contribution < 1.29 is 19.9 Å². The summed E-state index contributed by atoms with van der Waals surface area (Å²) >= 11 is 0. The van der Waals surface area contributed by atoms with Crippen molar-refractivity contribution in [3.05, 3.63) is 29.8 Å². The van der Waals surface area contributed by atoms with Gasteiger partial charge in [0, 0.05) is 0 Å². The van der Waals surface area contributed by atoms with Crippen LogP contribution >= 0.6 is 0 Å². The van der Waals surface area contributed by atoms with Crippen LogP contribution in [0.25, 0.3) is 0 Å². The first kappa shape index (κ1) is 10.2. The van der Waals surface area contributed by atoms with Gasteiger partial charge in [-0.1, -0.05) is 18.2 Å². The second-order valence-electron chi connectivity index (χ2n) is 2.65. The summed E-state index contributed by atoms with van der Waals surface area (Å²) in [6, 6.07) is 6.25. The number of nitrogens with zero attached hydrogens (tertiary/aromatic N) is 1. The Morgan fingerprint density at radius 1 is 1.43 bits per heavy atom. The fourth-order valence-electron chi connectivity index (χ4n) is 1.10. The topological polar surface area (TPSA) is 77.8 Å². The second kappa shape index (κ2) is 4.38. The summed E-state index contributed by atoms with van der Waals surface area (Å²) in [7, 11) is 0. The lowest BCUT2D eigenvalue weighted by molar-refractivity contribution is -0.136. The lowest BCUT2D eigenvalue weighted by Gasteiger charge is -2.12. The molecule has 74 valence electrons. The number of hydrogen-bond donors (Lipinski definition) is 2. The second-order valence-corrected chi connectivity index (χ2v) is 2.65. The minimum absolute atomic E-state index is 0.185. The van der Waals surface area contributed by atoms with Crippen molar-refractivity contribution >= 4 is 18.1 Å². The number of amides is 1. The number of carboxylic acids is 1. The monoisotopic (exact) mass is 195 g/mol. The van der Waals surface area contributed by atoms with Crippen LogP contribution in [-0.4, -0.2) is 22.7 Å². The van der Waals surface area contributed by atoms with Crippen molar-refractivity contribution in [2.24, 2.45) is 0 Å². The first-order chi connectivity index (χ1) is 6.65. The van der Waals surface area contributed by atoms with Gasteiger partial charge < -0.3 is 5.11 Å². The molecule has 0 saturated heterocycles. The highest BCUT2D eigenvalue weighted by atomic mass is 16.5. The van der Waals surface area contributed by atoms with E-state index in [2.05, 4.69) is 0 Å². The Labute approximate surface area is 80.2 Å². The van der Waals surface area contributed by atoms with Crippen LogP contribution in [-0.2, 0) is 16.0 Å². The van der Waals surface area contributed by atoms with Crippen LogP contribution in [0, 0.1) is 0 Å². The normalized spacial score (nSPS) is 9.50. The molecule has 0 radical (unpaired) electrons. The molecule has 0 heterocycles. The molecule has 2 N–H and O–H groups in total. The van der Waals surface area contributed by atoms with E-state index in [0.29, 0.717) is 10.6 Å². The fraction of sp³-hybridized carbons (Fsp3) is 0.111. The Morgan fingerprint density at radius 3 is 2.64 bits per heavy atom. The molecule has 1 aromatic rings. The Bertz CT molecular complexity index is 350. The molecule has 0 unspecified atom stereocenters. The van der Waals surface area contributed by atoms with Gasteiger partial charge in [-0.05, 0) is 11.6 Å². The molecule has 0 atom stereocenters. The van der Waals surface area contributed by atoms with Gasteiger partial charge in [0.2, 0.25) is 6.41 Å². The van der Waals surface area contributed by atoms with Crippen molar-refractivity contribution in [3.8, 4) is 0 Å².